The number of carbonyl (C=O) groups is 1. The van der Waals surface area contributed by atoms with Gasteiger partial charge < -0.3 is 24.9 Å². The first kappa shape index (κ1) is 17.3. The van der Waals surface area contributed by atoms with Crippen molar-refractivity contribution >= 4 is 5.91 Å². The van der Waals surface area contributed by atoms with E-state index in [2.05, 4.69) is 9.97 Å². The first-order valence-corrected chi connectivity index (χ1v) is 7.83. The molecule has 7 nitrogen and oxygen atoms in total. The van der Waals surface area contributed by atoms with Crippen LogP contribution in [0.5, 0.6) is 17.2 Å². The van der Waals surface area contributed by atoms with E-state index < -0.39 is 5.91 Å². The van der Waals surface area contributed by atoms with E-state index in [1.54, 1.807) is 51.7 Å². The summed E-state index contributed by atoms with van der Waals surface area (Å²) in [5, 5.41) is 0. The van der Waals surface area contributed by atoms with Crippen LogP contribution < -0.4 is 19.9 Å². The van der Waals surface area contributed by atoms with Crippen LogP contribution in [-0.4, -0.2) is 37.2 Å². The van der Waals surface area contributed by atoms with E-state index in [0.29, 0.717) is 34.3 Å². The van der Waals surface area contributed by atoms with Crippen molar-refractivity contribution in [2.45, 2.75) is 0 Å². The first-order valence-electron chi connectivity index (χ1n) is 7.83. The van der Waals surface area contributed by atoms with Gasteiger partial charge in [-0.05, 0) is 36.4 Å². The minimum atomic E-state index is -0.593. The van der Waals surface area contributed by atoms with Crippen molar-refractivity contribution in [3.05, 3.63) is 48.2 Å². The molecule has 0 atom stereocenters. The van der Waals surface area contributed by atoms with Crippen molar-refractivity contribution in [3.8, 4) is 39.9 Å². The Morgan fingerprint density at radius 2 is 1.46 bits per heavy atom. The minimum Gasteiger partial charge on any atom is -0.497 e. The number of nitrogens with two attached hydrogens (primary N) is 1. The highest BCUT2D eigenvalue weighted by atomic mass is 16.5. The number of rotatable bonds is 6. The monoisotopic (exact) mass is 353 g/mol. The molecule has 7 heteroatoms. The number of nitrogens with one attached hydrogen (secondary N) is 1. The summed E-state index contributed by atoms with van der Waals surface area (Å²) in [6, 6.07) is 12.6. The predicted molar refractivity (Wildman–Crippen MR) is 97.6 cm³/mol. The zero-order chi connectivity index (χ0) is 18.7. The fraction of sp³-hybridized carbons (Fsp3) is 0.158. The number of imidazole rings is 1. The third-order valence-electron chi connectivity index (χ3n) is 3.94. The number of nitrogens with zero attached hydrogens (tertiary/aromatic N) is 1. The molecule has 0 saturated heterocycles. The van der Waals surface area contributed by atoms with Crippen LogP contribution in [-0.2, 0) is 0 Å². The zero-order valence-electron chi connectivity index (χ0n) is 14.7. The Kier molecular flexibility index (Phi) is 4.79. The molecule has 2 aromatic carbocycles. The second-order valence-corrected chi connectivity index (χ2v) is 5.50. The van der Waals surface area contributed by atoms with Gasteiger partial charge in [0.1, 0.15) is 34.5 Å². The van der Waals surface area contributed by atoms with Gasteiger partial charge in [0, 0.05) is 17.2 Å². The maximum Gasteiger partial charge on any atom is 0.267 e. The summed E-state index contributed by atoms with van der Waals surface area (Å²) in [5.74, 6) is 1.83. The quantitative estimate of drug-likeness (QED) is 0.710. The molecule has 0 aliphatic rings. The second kappa shape index (κ2) is 7.18. The molecule has 26 heavy (non-hydrogen) atoms. The lowest BCUT2D eigenvalue weighted by Gasteiger charge is -2.06. The van der Waals surface area contributed by atoms with Gasteiger partial charge in [0.05, 0.1) is 21.3 Å². The summed E-state index contributed by atoms with van der Waals surface area (Å²) in [5.41, 5.74) is 7.68. The predicted octanol–water partition coefficient (Wildman–Crippen LogP) is 2.87. The molecule has 1 aromatic heterocycles. The number of ether oxygens (including phenoxy) is 3. The van der Waals surface area contributed by atoms with Crippen molar-refractivity contribution in [2.75, 3.05) is 21.3 Å². The topological polar surface area (TPSA) is 99.5 Å². The second-order valence-electron chi connectivity index (χ2n) is 5.50. The first-order chi connectivity index (χ1) is 12.5. The van der Waals surface area contributed by atoms with Crippen molar-refractivity contribution in [1.82, 2.24) is 9.97 Å². The molecule has 3 aromatic rings. The average molecular weight is 353 g/mol. The Hall–Kier alpha value is -3.48. The standard InChI is InChI=1S/C19H19N3O4/c1-24-13-6-4-11(5-7-13)16-17(18(20)23)22-19(21-16)12-8-14(25-2)10-15(9-12)26-3/h4-10H,1-3H3,(H2,20,23)(H,21,22). The smallest absolute Gasteiger partial charge is 0.267 e. The van der Waals surface area contributed by atoms with Crippen LogP contribution in [0.25, 0.3) is 22.6 Å². The lowest BCUT2D eigenvalue weighted by Crippen LogP contribution is -2.12. The molecule has 0 radical (unpaired) electrons. The van der Waals surface area contributed by atoms with Crippen LogP contribution >= 0.6 is 0 Å². The highest BCUT2D eigenvalue weighted by Crippen LogP contribution is 2.31. The molecule has 0 unspecified atom stereocenters. The number of carbonyl (C=O) groups excluding carboxylic acids is 1. The molecule has 0 aliphatic carbocycles. The number of hydrogen-bond donors (Lipinski definition) is 2. The van der Waals surface area contributed by atoms with Gasteiger partial charge in [-0.3, -0.25) is 4.79 Å². The van der Waals surface area contributed by atoms with E-state index in [9.17, 15) is 4.79 Å². The SMILES string of the molecule is COc1ccc(-c2nc(-c3cc(OC)cc(OC)c3)[nH]c2C(N)=O)cc1. The van der Waals surface area contributed by atoms with E-state index in [0.717, 1.165) is 5.56 Å². The Labute approximate surface area is 150 Å². The Morgan fingerprint density at radius 3 is 1.96 bits per heavy atom. The summed E-state index contributed by atoms with van der Waals surface area (Å²) < 4.78 is 15.7. The van der Waals surface area contributed by atoms with Gasteiger partial charge in [-0.1, -0.05) is 0 Å². The van der Waals surface area contributed by atoms with Crippen LogP contribution in [0.4, 0.5) is 0 Å². The molecule has 3 rings (SSSR count). The van der Waals surface area contributed by atoms with Gasteiger partial charge in [-0.25, -0.2) is 4.98 Å². The maximum absolute atomic E-state index is 11.9. The summed E-state index contributed by atoms with van der Waals surface area (Å²) in [6.07, 6.45) is 0. The Balaban J connectivity index is 2.11. The van der Waals surface area contributed by atoms with Gasteiger partial charge >= 0.3 is 0 Å². The zero-order valence-corrected chi connectivity index (χ0v) is 14.7. The molecule has 0 bridgehead atoms. The van der Waals surface area contributed by atoms with Crippen molar-refractivity contribution < 1.29 is 19.0 Å². The van der Waals surface area contributed by atoms with Crippen molar-refractivity contribution in [2.24, 2.45) is 5.73 Å². The number of methoxy groups -OCH3 is 3. The number of aromatic amines is 1. The van der Waals surface area contributed by atoms with E-state index >= 15 is 0 Å². The number of H-pyrrole nitrogens is 1. The van der Waals surface area contributed by atoms with Gasteiger partial charge in [0.15, 0.2) is 0 Å². The number of hydrogen-bond acceptors (Lipinski definition) is 5. The van der Waals surface area contributed by atoms with E-state index in [1.165, 1.54) is 0 Å². The van der Waals surface area contributed by atoms with Crippen LogP contribution in [0.15, 0.2) is 42.5 Å². The van der Waals surface area contributed by atoms with Crippen LogP contribution in [0, 0.1) is 0 Å². The molecule has 0 fully saturated rings. The average Bonchev–Trinajstić information content (AvgIpc) is 3.13. The van der Waals surface area contributed by atoms with Gasteiger partial charge in [-0.2, -0.15) is 0 Å². The van der Waals surface area contributed by atoms with Crippen molar-refractivity contribution in [1.29, 1.82) is 0 Å². The molecule has 0 spiro atoms. The normalized spacial score (nSPS) is 10.4. The lowest BCUT2D eigenvalue weighted by atomic mass is 10.1. The highest BCUT2D eigenvalue weighted by Gasteiger charge is 2.18. The number of amides is 1. The van der Waals surface area contributed by atoms with Gasteiger partial charge in [0.2, 0.25) is 0 Å². The third-order valence-corrected chi connectivity index (χ3v) is 3.94. The Morgan fingerprint density at radius 1 is 0.885 bits per heavy atom. The molecule has 1 amide bonds. The maximum atomic E-state index is 11.9. The van der Waals surface area contributed by atoms with E-state index in [-0.39, 0.29) is 5.69 Å². The van der Waals surface area contributed by atoms with Crippen LogP contribution in [0.2, 0.25) is 0 Å². The summed E-state index contributed by atoms with van der Waals surface area (Å²) >= 11 is 0. The molecular formula is C19H19N3O4. The fourth-order valence-corrected chi connectivity index (χ4v) is 2.59. The molecule has 0 aliphatic heterocycles. The van der Waals surface area contributed by atoms with Gasteiger partial charge in [0.25, 0.3) is 5.91 Å². The van der Waals surface area contributed by atoms with Gasteiger partial charge in [-0.15, -0.1) is 0 Å². The molecule has 0 saturated carbocycles. The van der Waals surface area contributed by atoms with Crippen LogP contribution in [0.1, 0.15) is 10.5 Å². The highest BCUT2D eigenvalue weighted by molar-refractivity contribution is 5.98. The molecule has 134 valence electrons. The molecule has 3 N–H and O–H groups in total. The third kappa shape index (κ3) is 3.32. The van der Waals surface area contributed by atoms with Crippen molar-refractivity contribution in [3.63, 3.8) is 0 Å². The number of benzene rings is 2. The Bertz CT molecular complexity index is 910. The van der Waals surface area contributed by atoms with E-state index in [4.69, 9.17) is 19.9 Å². The molecular weight excluding hydrogens is 334 g/mol. The summed E-state index contributed by atoms with van der Waals surface area (Å²) in [6.45, 7) is 0. The van der Waals surface area contributed by atoms with Crippen LogP contribution in [0.3, 0.4) is 0 Å². The lowest BCUT2D eigenvalue weighted by molar-refractivity contribution is 0.0997. The summed E-state index contributed by atoms with van der Waals surface area (Å²) in [7, 11) is 4.73. The number of aromatic nitrogens is 2. The summed E-state index contributed by atoms with van der Waals surface area (Å²) in [4.78, 5) is 19.5. The largest absolute Gasteiger partial charge is 0.497 e. The number of primary amides is 1. The fourth-order valence-electron chi connectivity index (χ4n) is 2.59. The molecule has 1 heterocycles. The minimum absolute atomic E-state index is 0.229. The van der Waals surface area contributed by atoms with E-state index in [1.807, 2.05) is 12.1 Å².